The van der Waals surface area contributed by atoms with Gasteiger partial charge in [0.25, 0.3) is 0 Å². The molecule has 1 unspecified atom stereocenters. The Balaban J connectivity index is 1.49. The van der Waals surface area contributed by atoms with Gasteiger partial charge in [-0.2, -0.15) is 0 Å². The van der Waals surface area contributed by atoms with E-state index in [1.54, 1.807) is 0 Å². The topological polar surface area (TPSA) is 55.8 Å². The Bertz CT molecular complexity index is 1080. The minimum absolute atomic E-state index is 0.0807. The lowest BCUT2D eigenvalue weighted by atomic mass is 9.95. The van der Waals surface area contributed by atoms with E-state index in [9.17, 15) is 4.79 Å². The van der Waals surface area contributed by atoms with Crippen LogP contribution in [0.3, 0.4) is 0 Å². The number of rotatable bonds is 6. The number of hydrogen-bond donors (Lipinski definition) is 1. The molecule has 0 amide bonds. The van der Waals surface area contributed by atoms with E-state index in [0.29, 0.717) is 13.2 Å². The summed E-state index contributed by atoms with van der Waals surface area (Å²) in [5.74, 6) is 0.535. The molecule has 30 heavy (non-hydrogen) atoms. The Morgan fingerprint density at radius 2 is 1.90 bits per heavy atom. The summed E-state index contributed by atoms with van der Waals surface area (Å²) in [6.45, 7) is 5.15. The van der Waals surface area contributed by atoms with Gasteiger partial charge in [-0.3, -0.25) is 4.79 Å². The zero-order valence-electron chi connectivity index (χ0n) is 16.9. The number of aryl methyl sites for hydroxylation is 2. The predicted octanol–water partition coefficient (Wildman–Crippen LogP) is 6.10. The van der Waals surface area contributed by atoms with Crippen molar-refractivity contribution in [3.63, 3.8) is 0 Å². The molecule has 3 aromatic rings. The van der Waals surface area contributed by atoms with Crippen molar-refractivity contribution in [3.8, 4) is 22.6 Å². The molecule has 4 nitrogen and oxygen atoms in total. The van der Waals surface area contributed by atoms with Gasteiger partial charge in [0.15, 0.2) is 0 Å². The molecule has 0 fully saturated rings. The Hall–Kier alpha value is -2.54. The third kappa shape index (κ3) is 4.46. The fourth-order valence-corrected chi connectivity index (χ4v) is 5.01. The first kappa shape index (κ1) is 20.7. The highest BCUT2D eigenvalue weighted by Crippen LogP contribution is 2.38. The molecule has 0 saturated carbocycles. The van der Waals surface area contributed by atoms with Crippen LogP contribution in [0.15, 0.2) is 54.6 Å². The van der Waals surface area contributed by atoms with E-state index in [0.717, 1.165) is 22.6 Å². The van der Waals surface area contributed by atoms with Crippen LogP contribution in [-0.2, 0) is 11.4 Å². The largest absolute Gasteiger partial charge is 0.492 e. The average Bonchev–Trinajstić information content (AvgIpc) is 3.07. The van der Waals surface area contributed by atoms with Crippen LogP contribution in [0.1, 0.15) is 34.6 Å². The van der Waals surface area contributed by atoms with Crippen molar-refractivity contribution in [2.45, 2.75) is 32.8 Å². The molecule has 5 heteroatoms. The van der Waals surface area contributed by atoms with E-state index in [1.165, 1.54) is 25.8 Å². The molecule has 0 spiro atoms. The van der Waals surface area contributed by atoms with E-state index < -0.39 is 5.97 Å². The van der Waals surface area contributed by atoms with E-state index in [1.807, 2.05) is 18.2 Å². The van der Waals surface area contributed by atoms with Gasteiger partial charge in [-0.05, 0) is 88.5 Å². The van der Waals surface area contributed by atoms with Crippen molar-refractivity contribution in [3.05, 3.63) is 80.4 Å². The molecule has 1 aliphatic heterocycles. The van der Waals surface area contributed by atoms with Gasteiger partial charge < -0.3 is 14.6 Å². The van der Waals surface area contributed by atoms with Crippen LogP contribution in [0.4, 0.5) is 0 Å². The summed E-state index contributed by atoms with van der Waals surface area (Å²) in [6.07, 6.45) is 0.0807. The van der Waals surface area contributed by atoms with Gasteiger partial charge in [-0.25, -0.2) is 0 Å². The van der Waals surface area contributed by atoms with Crippen LogP contribution < -0.4 is 9.47 Å². The van der Waals surface area contributed by atoms with Gasteiger partial charge >= 0.3 is 5.97 Å². The van der Waals surface area contributed by atoms with E-state index in [2.05, 4.69) is 72.8 Å². The number of ether oxygens (including phenoxy) is 2. The second-order valence-electron chi connectivity index (χ2n) is 7.71. The van der Waals surface area contributed by atoms with Crippen LogP contribution in [0.5, 0.6) is 11.5 Å². The molecule has 0 aromatic heterocycles. The molecule has 1 heterocycles. The van der Waals surface area contributed by atoms with Crippen molar-refractivity contribution < 1.29 is 19.4 Å². The number of halogens is 1. The molecule has 1 atom stereocenters. The van der Waals surface area contributed by atoms with Crippen LogP contribution in [0, 0.1) is 17.4 Å². The summed E-state index contributed by atoms with van der Waals surface area (Å²) >= 11 is 2.35. The Kier molecular flexibility index (Phi) is 5.99. The molecule has 0 saturated heterocycles. The molecule has 154 valence electrons. The van der Waals surface area contributed by atoms with Crippen molar-refractivity contribution in [2.75, 3.05) is 6.61 Å². The first-order valence-electron chi connectivity index (χ1n) is 9.88. The van der Waals surface area contributed by atoms with Crippen LogP contribution in [0.2, 0.25) is 0 Å². The number of aliphatic carboxylic acids is 1. The highest BCUT2D eigenvalue weighted by Gasteiger charge is 2.26. The van der Waals surface area contributed by atoms with Gasteiger partial charge in [0, 0.05) is 21.1 Å². The third-order valence-electron chi connectivity index (χ3n) is 5.40. The zero-order valence-corrected chi connectivity index (χ0v) is 19.1. The molecule has 1 aliphatic rings. The predicted molar refractivity (Wildman–Crippen MR) is 125 cm³/mol. The smallest absolute Gasteiger partial charge is 0.304 e. The van der Waals surface area contributed by atoms with Crippen molar-refractivity contribution in [1.29, 1.82) is 0 Å². The van der Waals surface area contributed by atoms with Crippen molar-refractivity contribution in [1.82, 2.24) is 0 Å². The number of carboxylic acids is 1. The first-order valence-corrected chi connectivity index (χ1v) is 11.0. The number of benzene rings is 3. The van der Waals surface area contributed by atoms with Gasteiger partial charge in [0.1, 0.15) is 18.1 Å². The molecule has 1 N–H and O–H groups in total. The Morgan fingerprint density at radius 1 is 1.13 bits per heavy atom. The summed E-state index contributed by atoms with van der Waals surface area (Å²) in [5.41, 5.74) is 7.03. The van der Waals surface area contributed by atoms with E-state index in [4.69, 9.17) is 14.6 Å². The lowest BCUT2D eigenvalue weighted by Gasteiger charge is -2.13. The highest BCUT2D eigenvalue weighted by atomic mass is 127. The van der Waals surface area contributed by atoms with E-state index in [-0.39, 0.29) is 12.3 Å². The fraction of sp³-hybridized carbons (Fsp3) is 0.240. The maximum atomic E-state index is 11.0. The van der Waals surface area contributed by atoms with Gasteiger partial charge in [-0.15, -0.1) is 0 Å². The lowest BCUT2D eigenvalue weighted by Crippen LogP contribution is -2.07. The Morgan fingerprint density at radius 3 is 2.63 bits per heavy atom. The first-order chi connectivity index (χ1) is 14.4. The Labute approximate surface area is 190 Å². The van der Waals surface area contributed by atoms with Crippen LogP contribution >= 0.6 is 22.6 Å². The molecular weight excluding hydrogens is 491 g/mol. The van der Waals surface area contributed by atoms with Gasteiger partial charge in [0.2, 0.25) is 0 Å². The highest BCUT2D eigenvalue weighted by molar-refractivity contribution is 14.1. The fourth-order valence-electron chi connectivity index (χ4n) is 4.08. The van der Waals surface area contributed by atoms with Crippen LogP contribution in [0.25, 0.3) is 11.1 Å². The summed E-state index contributed by atoms with van der Waals surface area (Å²) in [4.78, 5) is 11.0. The molecule has 0 aliphatic carbocycles. The number of fused-ring (bicyclic) bond motifs is 1. The second kappa shape index (κ2) is 8.68. The van der Waals surface area contributed by atoms with Gasteiger partial charge in [0.05, 0.1) is 13.0 Å². The SMILES string of the molecule is Cc1cc(I)cc(C)c1-c1cccc(COc2ccc3c(c2)OCC3CC(=O)O)c1. The minimum atomic E-state index is -0.810. The van der Waals surface area contributed by atoms with Crippen LogP contribution in [-0.4, -0.2) is 17.7 Å². The normalized spacial score (nSPS) is 14.8. The minimum Gasteiger partial charge on any atom is -0.492 e. The summed E-state index contributed by atoms with van der Waals surface area (Å²) in [7, 11) is 0. The second-order valence-corrected chi connectivity index (χ2v) is 8.95. The lowest BCUT2D eigenvalue weighted by molar-refractivity contribution is -0.137. The molecular formula is C25H23IO4. The standard InChI is InChI=1S/C25H23IO4/c1-15-8-20(26)9-16(2)25(15)18-5-3-4-17(10-18)13-29-21-6-7-22-19(11-24(27)28)14-30-23(22)12-21/h3-10,12,19H,11,13-14H2,1-2H3,(H,27,28). The van der Waals surface area contributed by atoms with Gasteiger partial charge in [-0.1, -0.05) is 24.3 Å². The van der Waals surface area contributed by atoms with E-state index >= 15 is 0 Å². The number of carbonyl (C=O) groups is 1. The third-order valence-corrected chi connectivity index (χ3v) is 6.03. The number of carboxylic acid groups (broad SMARTS) is 1. The maximum absolute atomic E-state index is 11.0. The average molecular weight is 514 g/mol. The molecule has 4 rings (SSSR count). The molecule has 3 aromatic carbocycles. The summed E-state index contributed by atoms with van der Waals surface area (Å²) in [5, 5.41) is 9.04. The summed E-state index contributed by atoms with van der Waals surface area (Å²) in [6, 6.07) is 18.5. The van der Waals surface area contributed by atoms with Crippen molar-refractivity contribution in [2.24, 2.45) is 0 Å². The maximum Gasteiger partial charge on any atom is 0.304 e. The van der Waals surface area contributed by atoms with Crippen molar-refractivity contribution >= 4 is 28.6 Å². The molecule has 0 bridgehead atoms. The summed E-state index contributed by atoms with van der Waals surface area (Å²) < 4.78 is 12.9. The zero-order chi connectivity index (χ0) is 21.3. The quantitative estimate of drug-likeness (QED) is 0.404. The monoisotopic (exact) mass is 514 g/mol. The number of hydrogen-bond acceptors (Lipinski definition) is 3. The molecule has 0 radical (unpaired) electrons.